The molecule has 1 saturated carbocycles. The van der Waals surface area contributed by atoms with Crippen LogP contribution in [0.15, 0.2) is 0 Å². The van der Waals surface area contributed by atoms with Crippen molar-refractivity contribution in [2.24, 2.45) is 11.8 Å². The lowest BCUT2D eigenvalue weighted by Crippen LogP contribution is -2.51. The lowest BCUT2D eigenvalue weighted by atomic mass is 9.73. The van der Waals surface area contributed by atoms with Gasteiger partial charge in [0.1, 0.15) is 0 Å². The predicted molar refractivity (Wildman–Crippen MR) is 55.8 cm³/mol. The van der Waals surface area contributed by atoms with Crippen LogP contribution in [-0.2, 0) is 14.3 Å². The maximum absolute atomic E-state index is 12.0. The van der Waals surface area contributed by atoms with Crippen molar-refractivity contribution in [3.8, 4) is 0 Å². The molecule has 1 amide bonds. The first-order valence-corrected chi connectivity index (χ1v) is 5.73. The molecular weight excluding hydrogens is 210 g/mol. The molecule has 2 rings (SSSR count). The molecule has 0 radical (unpaired) electrons. The maximum atomic E-state index is 12.0. The van der Waals surface area contributed by atoms with Gasteiger partial charge in [0.25, 0.3) is 0 Å². The Balaban J connectivity index is 1.94. The van der Waals surface area contributed by atoms with Crippen molar-refractivity contribution in [2.75, 3.05) is 19.7 Å². The summed E-state index contributed by atoms with van der Waals surface area (Å²) in [6.07, 6.45) is 1.40. The van der Waals surface area contributed by atoms with E-state index < -0.39 is 11.9 Å². The van der Waals surface area contributed by atoms with Crippen LogP contribution in [0.3, 0.4) is 0 Å². The number of rotatable bonds is 2. The number of carboxylic acid groups (broad SMARTS) is 1. The molecule has 0 aromatic rings. The molecule has 5 nitrogen and oxygen atoms in total. The fourth-order valence-corrected chi connectivity index (χ4v) is 2.34. The van der Waals surface area contributed by atoms with Gasteiger partial charge in [-0.05, 0) is 19.8 Å². The van der Waals surface area contributed by atoms with Crippen LogP contribution in [0.5, 0.6) is 0 Å². The maximum Gasteiger partial charge on any atom is 0.307 e. The van der Waals surface area contributed by atoms with Crippen molar-refractivity contribution >= 4 is 11.9 Å². The highest BCUT2D eigenvalue weighted by atomic mass is 16.5. The summed E-state index contributed by atoms with van der Waals surface area (Å²) in [6.45, 7) is 3.65. The third-order valence-corrected chi connectivity index (χ3v) is 3.46. The molecule has 2 fully saturated rings. The molecule has 1 heterocycles. The first kappa shape index (κ1) is 11.4. The Morgan fingerprint density at radius 2 is 2.00 bits per heavy atom. The molecule has 16 heavy (non-hydrogen) atoms. The van der Waals surface area contributed by atoms with E-state index in [-0.39, 0.29) is 17.9 Å². The van der Waals surface area contributed by atoms with Gasteiger partial charge in [0.15, 0.2) is 0 Å². The number of carbonyl (C=O) groups is 2. The molecular formula is C11H17NO4. The number of nitrogens with zero attached hydrogens (tertiary/aromatic N) is 1. The standard InChI is InChI=1S/C11H17NO4/c1-7-6-12(4-5-16-7)10(13)8-2-3-9(8)11(14)15/h7-9H,2-6H2,1H3,(H,14,15). The smallest absolute Gasteiger partial charge is 0.307 e. The van der Waals surface area contributed by atoms with E-state index in [1.807, 2.05) is 6.92 Å². The summed E-state index contributed by atoms with van der Waals surface area (Å²) >= 11 is 0. The molecule has 1 aliphatic heterocycles. The fraction of sp³-hybridized carbons (Fsp3) is 0.818. The van der Waals surface area contributed by atoms with Gasteiger partial charge < -0.3 is 14.7 Å². The van der Waals surface area contributed by atoms with Crippen molar-refractivity contribution in [1.82, 2.24) is 4.90 Å². The first-order valence-electron chi connectivity index (χ1n) is 5.73. The Labute approximate surface area is 94.4 Å². The largest absolute Gasteiger partial charge is 0.481 e. The van der Waals surface area contributed by atoms with Gasteiger partial charge in [-0.3, -0.25) is 9.59 Å². The lowest BCUT2D eigenvalue weighted by Gasteiger charge is -2.39. The van der Waals surface area contributed by atoms with Gasteiger partial charge in [0, 0.05) is 13.1 Å². The van der Waals surface area contributed by atoms with Crippen molar-refractivity contribution < 1.29 is 19.4 Å². The van der Waals surface area contributed by atoms with Crippen LogP contribution in [0.2, 0.25) is 0 Å². The SMILES string of the molecule is CC1CN(C(=O)C2CCC2C(=O)O)CCO1. The zero-order valence-electron chi connectivity index (χ0n) is 9.39. The van der Waals surface area contributed by atoms with Crippen LogP contribution in [0.4, 0.5) is 0 Å². The number of carboxylic acids is 1. The third kappa shape index (κ3) is 2.04. The van der Waals surface area contributed by atoms with Crippen LogP contribution in [-0.4, -0.2) is 47.7 Å². The molecule has 1 saturated heterocycles. The molecule has 3 unspecified atom stereocenters. The van der Waals surface area contributed by atoms with E-state index in [0.29, 0.717) is 32.5 Å². The zero-order valence-corrected chi connectivity index (χ0v) is 9.39. The number of hydrogen-bond acceptors (Lipinski definition) is 3. The van der Waals surface area contributed by atoms with E-state index in [1.54, 1.807) is 4.90 Å². The average Bonchev–Trinajstić information content (AvgIpc) is 2.14. The van der Waals surface area contributed by atoms with E-state index in [9.17, 15) is 9.59 Å². The Hall–Kier alpha value is -1.10. The second kappa shape index (κ2) is 4.41. The van der Waals surface area contributed by atoms with Crippen LogP contribution in [0.25, 0.3) is 0 Å². The summed E-state index contributed by atoms with van der Waals surface area (Å²) < 4.78 is 5.35. The minimum absolute atomic E-state index is 0.00574. The molecule has 2 aliphatic rings. The van der Waals surface area contributed by atoms with Crippen LogP contribution >= 0.6 is 0 Å². The van der Waals surface area contributed by atoms with E-state index in [0.717, 1.165) is 0 Å². The second-order valence-electron chi connectivity index (χ2n) is 4.59. The number of aliphatic carboxylic acids is 1. The highest BCUT2D eigenvalue weighted by Gasteiger charge is 2.43. The molecule has 3 atom stereocenters. The Kier molecular flexibility index (Phi) is 3.14. The van der Waals surface area contributed by atoms with Crippen molar-refractivity contribution in [3.63, 3.8) is 0 Å². The molecule has 1 aliphatic carbocycles. The van der Waals surface area contributed by atoms with Crippen LogP contribution < -0.4 is 0 Å². The summed E-state index contributed by atoms with van der Waals surface area (Å²) in [7, 11) is 0. The number of morpholine rings is 1. The average molecular weight is 227 g/mol. The lowest BCUT2D eigenvalue weighted by molar-refractivity contribution is -0.159. The van der Waals surface area contributed by atoms with Crippen molar-refractivity contribution in [3.05, 3.63) is 0 Å². The predicted octanol–water partition coefficient (Wildman–Crippen LogP) is 0.344. The molecule has 90 valence electrons. The number of carbonyl (C=O) groups excluding carboxylic acids is 1. The number of ether oxygens (including phenoxy) is 1. The molecule has 0 aromatic carbocycles. The Morgan fingerprint density at radius 3 is 2.50 bits per heavy atom. The number of amides is 1. The molecule has 0 spiro atoms. The van der Waals surface area contributed by atoms with Gasteiger partial charge in [0.05, 0.1) is 24.5 Å². The highest BCUT2D eigenvalue weighted by Crippen LogP contribution is 2.36. The van der Waals surface area contributed by atoms with E-state index in [2.05, 4.69) is 0 Å². The molecule has 0 bridgehead atoms. The molecule has 1 N–H and O–H groups in total. The van der Waals surface area contributed by atoms with E-state index in [4.69, 9.17) is 9.84 Å². The molecule has 0 aromatic heterocycles. The van der Waals surface area contributed by atoms with E-state index >= 15 is 0 Å². The summed E-state index contributed by atoms with van der Waals surface area (Å²) in [4.78, 5) is 24.6. The topological polar surface area (TPSA) is 66.8 Å². The zero-order chi connectivity index (χ0) is 11.7. The third-order valence-electron chi connectivity index (χ3n) is 3.46. The Morgan fingerprint density at radius 1 is 1.31 bits per heavy atom. The van der Waals surface area contributed by atoms with Gasteiger partial charge in [-0.25, -0.2) is 0 Å². The quantitative estimate of drug-likeness (QED) is 0.739. The monoisotopic (exact) mass is 227 g/mol. The first-order chi connectivity index (χ1) is 7.59. The van der Waals surface area contributed by atoms with Crippen LogP contribution in [0, 0.1) is 11.8 Å². The second-order valence-corrected chi connectivity index (χ2v) is 4.59. The minimum Gasteiger partial charge on any atom is -0.481 e. The van der Waals surface area contributed by atoms with Gasteiger partial charge in [-0.15, -0.1) is 0 Å². The number of hydrogen-bond donors (Lipinski definition) is 1. The van der Waals surface area contributed by atoms with Crippen molar-refractivity contribution in [1.29, 1.82) is 0 Å². The summed E-state index contributed by atoms with van der Waals surface area (Å²) in [5.41, 5.74) is 0. The normalized spacial score (nSPS) is 34.3. The Bertz CT molecular complexity index is 304. The van der Waals surface area contributed by atoms with Crippen molar-refractivity contribution in [2.45, 2.75) is 25.9 Å². The van der Waals surface area contributed by atoms with Gasteiger partial charge in [0.2, 0.25) is 5.91 Å². The summed E-state index contributed by atoms with van der Waals surface area (Å²) in [6, 6.07) is 0. The van der Waals surface area contributed by atoms with E-state index in [1.165, 1.54) is 0 Å². The van der Waals surface area contributed by atoms with Gasteiger partial charge in [-0.1, -0.05) is 0 Å². The van der Waals surface area contributed by atoms with Crippen LogP contribution in [0.1, 0.15) is 19.8 Å². The minimum atomic E-state index is -0.842. The molecule has 5 heteroatoms. The fourth-order valence-electron chi connectivity index (χ4n) is 2.34. The summed E-state index contributed by atoms with van der Waals surface area (Å²) in [5, 5.41) is 8.91. The summed E-state index contributed by atoms with van der Waals surface area (Å²) in [5.74, 6) is -1.62. The van der Waals surface area contributed by atoms with Gasteiger partial charge in [-0.2, -0.15) is 0 Å². The highest BCUT2D eigenvalue weighted by molar-refractivity contribution is 5.86. The van der Waals surface area contributed by atoms with Gasteiger partial charge >= 0.3 is 5.97 Å².